The Hall–Kier alpha value is -2.61. The van der Waals surface area contributed by atoms with E-state index in [1.807, 2.05) is 0 Å². The second-order valence-corrected chi connectivity index (χ2v) is 23.0. The monoisotopic (exact) mass is 1080 g/mol. The molecule has 0 saturated carbocycles. The fourth-order valence-corrected chi connectivity index (χ4v) is 10.8. The van der Waals surface area contributed by atoms with Gasteiger partial charge in [0.15, 0.2) is 0 Å². The Morgan fingerprint density at radius 3 is 1.13 bits per heavy atom. The van der Waals surface area contributed by atoms with Crippen LogP contribution in [0.15, 0.2) is 52.4 Å². The molecule has 0 N–H and O–H groups in total. The zero-order valence-electron chi connectivity index (χ0n) is 51.1. The fourth-order valence-electron chi connectivity index (χ4n) is 10.8. The number of benzene rings is 2. The molecular weight excluding hydrogens is 964 g/mol. The van der Waals surface area contributed by atoms with Gasteiger partial charge in [0, 0.05) is 34.9 Å². The minimum absolute atomic E-state index is 0. The van der Waals surface area contributed by atoms with E-state index < -0.39 is 0 Å². The summed E-state index contributed by atoms with van der Waals surface area (Å²) in [6.07, 6.45) is 67.1. The van der Waals surface area contributed by atoms with Gasteiger partial charge < -0.3 is 0 Å². The van der Waals surface area contributed by atoms with Gasteiger partial charge in [-0.1, -0.05) is 334 Å². The van der Waals surface area contributed by atoms with Gasteiger partial charge in [-0.05, 0) is 85.9 Å². The number of unbranched alkanes of at least 4 members (excludes halogenated alkanes) is 42. The topological polar surface area (TPSA) is 24.7 Å². The van der Waals surface area contributed by atoms with Crippen molar-refractivity contribution in [2.24, 2.45) is 9.98 Å². The minimum Gasteiger partial charge on any atom is -0.250 e. The molecule has 434 valence electrons. The molecule has 0 atom stereocenters. The van der Waals surface area contributed by atoms with E-state index in [4.69, 9.17) is 9.98 Å². The van der Waals surface area contributed by atoms with E-state index in [2.05, 4.69) is 101 Å². The largest absolute Gasteiger partial charge is 0.250 e. The standard InChI is InChI=1S/C73H122N2.Ni/c1-6-11-14-16-18-20-22-24-26-28-30-32-34-36-38-40-42-44-46-48-50-53-58-67-59-55-60-70(65-67)74-72(61-52-13-8-3)73(75-71-64-63-68(56-9-4)69(66-71)57-10-5)62-54-51-49-47-45-43-41-39-37-35-33-31-29-27-25-23-21-19-17-15-12-7-2;/h55,59-60,63-66H,6-52,56-57,61H2,1-5H3;/b74-72+,75-73-;. The summed E-state index contributed by atoms with van der Waals surface area (Å²) >= 11 is 0. The fraction of sp³-hybridized carbons (Fsp3) is 0.753. The van der Waals surface area contributed by atoms with E-state index in [1.165, 1.54) is 274 Å². The first-order valence-electron chi connectivity index (χ1n) is 33.5. The molecule has 2 aromatic rings. The quantitative estimate of drug-likeness (QED) is 0.0273. The third kappa shape index (κ3) is 42.4. The molecule has 0 aromatic heterocycles. The molecule has 0 fully saturated rings. The van der Waals surface area contributed by atoms with E-state index in [0.717, 1.165) is 86.1 Å². The van der Waals surface area contributed by atoms with Gasteiger partial charge in [0.2, 0.25) is 0 Å². The maximum atomic E-state index is 5.36. The van der Waals surface area contributed by atoms with Crippen LogP contribution in [0.4, 0.5) is 11.4 Å². The Kier molecular flexibility index (Phi) is 52.3. The third-order valence-electron chi connectivity index (χ3n) is 15.6. The normalized spacial score (nSPS) is 11.6. The predicted octanol–water partition coefficient (Wildman–Crippen LogP) is 24.8. The van der Waals surface area contributed by atoms with Crippen LogP contribution in [0.3, 0.4) is 0 Å². The van der Waals surface area contributed by atoms with Crippen molar-refractivity contribution < 1.29 is 16.5 Å². The molecule has 2 aromatic carbocycles. The van der Waals surface area contributed by atoms with Crippen molar-refractivity contribution in [2.75, 3.05) is 0 Å². The smallest absolute Gasteiger partial charge is 0.135 e. The Balaban J connectivity index is 0.0000289. The van der Waals surface area contributed by atoms with Crippen LogP contribution in [0.1, 0.15) is 360 Å². The molecular formula is C73H122N2Ni. The molecule has 0 heterocycles. The van der Waals surface area contributed by atoms with Crippen LogP contribution in [-0.4, -0.2) is 11.4 Å². The number of hydrogen-bond donors (Lipinski definition) is 0. The molecule has 0 amide bonds. The van der Waals surface area contributed by atoms with Gasteiger partial charge >= 0.3 is 0 Å². The van der Waals surface area contributed by atoms with E-state index in [1.54, 1.807) is 0 Å². The Morgan fingerprint density at radius 2 is 0.711 bits per heavy atom. The summed E-state index contributed by atoms with van der Waals surface area (Å²) in [6.45, 7) is 11.5. The second kappa shape index (κ2) is 55.7. The van der Waals surface area contributed by atoms with E-state index in [0.29, 0.717) is 0 Å². The molecule has 76 heavy (non-hydrogen) atoms. The second-order valence-electron chi connectivity index (χ2n) is 23.0. The molecule has 2 rings (SSSR count). The Morgan fingerprint density at radius 1 is 0.342 bits per heavy atom. The van der Waals surface area contributed by atoms with E-state index in [-0.39, 0.29) is 16.5 Å². The summed E-state index contributed by atoms with van der Waals surface area (Å²) in [5.41, 5.74) is 7.78. The third-order valence-corrected chi connectivity index (χ3v) is 15.6. The van der Waals surface area contributed by atoms with Crippen LogP contribution < -0.4 is 0 Å². The van der Waals surface area contributed by atoms with Crippen LogP contribution in [0.2, 0.25) is 0 Å². The minimum atomic E-state index is 0. The van der Waals surface area contributed by atoms with Gasteiger partial charge in [-0.3, -0.25) is 4.99 Å². The summed E-state index contributed by atoms with van der Waals surface area (Å²) in [4.78, 5) is 10.7. The van der Waals surface area contributed by atoms with Crippen molar-refractivity contribution in [3.05, 3.63) is 59.2 Å². The number of nitrogens with zero attached hydrogens (tertiary/aromatic N) is 2. The van der Waals surface area contributed by atoms with E-state index >= 15 is 0 Å². The molecule has 3 heteroatoms. The maximum Gasteiger partial charge on any atom is 0.135 e. The Bertz CT molecular complexity index is 1780. The zero-order valence-corrected chi connectivity index (χ0v) is 52.1. The van der Waals surface area contributed by atoms with Crippen molar-refractivity contribution in [3.8, 4) is 23.7 Å². The van der Waals surface area contributed by atoms with Gasteiger partial charge in [0.25, 0.3) is 0 Å². The number of aryl methyl sites for hydroxylation is 2. The summed E-state index contributed by atoms with van der Waals surface area (Å²) in [5.74, 6) is 14.2. The van der Waals surface area contributed by atoms with Crippen molar-refractivity contribution in [1.29, 1.82) is 0 Å². The van der Waals surface area contributed by atoms with Crippen molar-refractivity contribution in [2.45, 2.75) is 356 Å². The average molecular weight is 1090 g/mol. The van der Waals surface area contributed by atoms with Crippen molar-refractivity contribution in [3.63, 3.8) is 0 Å². The van der Waals surface area contributed by atoms with Gasteiger partial charge in [-0.2, -0.15) is 0 Å². The average Bonchev–Trinajstić information content (AvgIpc) is 3.42. The first-order valence-corrected chi connectivity index (χ1v) is 33.5. The molecule has 0 bridgehead atoms. The Labute approximate surface area is 485 Å². The van der Waals surface area contributed by atoms with Crippen molar-refractivity contribution >= 4 is 22.8 Å². The predicted molar refractivity (Wildman–Crippen MR) is 339 cm³/mol. The van der Waals surface area contributed by atoms with Crippen LogP contribution in [0, 0.1) is 23.7 Å². The zero-order chi connectivity index (χ0) is 53.6. The van der Waals surface area contributed by atoms with E-state index in [9.17, 15) is 0 Å². The molecule has 0 saturated heterocycles. The van der Waals surface area contributed by atoms with Gasteiger partial charge in [-0.25, -0.2) is 4.99 Å². The van der Waals surface area contributed by atoms with Gasteiger partial charge in [0.05, 0.1) is 17.1 Å². The van der Waals surface area contributed by atoms with Crippen LogP contribution in [0.25, 0.3) is 0 Å². The van der Waals surface area contributed by atoms with Gasteiger partial charge in [0.1, 0.15) is 5.71 Å². The molecule has 0 radical (unpaired) electrons. The summed E-state index contributed by atoms with van der Waals surface area (Å²) in [6, 6.07) is 15.4. The van der Waals surface area contributed by atoms with Crippen LogP contribution in [-0.2, 0) is 29.3 Å². The summed E-state index contributed by atoms with van der Waals surface area (Å²) in [7, 11) is 0. The van der Waals surface area contributed by atoms with Crippen molar-refractivity contribution in [1.82, 2.24) is 0 Å². The molecule has 0 aliphatic heterocycles. The molecule has 0 aliphatic carbocycles. The molecule has 0 spiro atoms. The first-order chi connectivity index (χ1) is 37.1. The first kappa shape index (κ1) is 71.4. The number of aliphatic imine (C=N–C) groups is 2. The number of hydrogen-bond acceptors (Lipinski definition) is 2. The number of rotatable bonds is 51. The summed E-state index contributed by atoms with van der Waals surface area (Å²) < 4.78 is 0. The molecule has 0 aliphatic rings. The maximum absolute atomic E-state index is 5.36. The molecule has 0 unspecified atom stereocenters. The van der Waals surface area contributed by atoms with Crippen LogP contribution >= 0.6 is 0 Å². The van der Waals surface area contributed by atoms with Gasteiger partial charge in [-0.15, -0.1) is 0 Å². The summed E-state index contributed by atoms with van der Waals surface area (Å²) in [5, 5.41) is 0. The van der Waals surface area contributed by atoms with Crippen LogP contribution in [0.5, 0.6) is 0 Å². The SMILES string of the molecule is CCCCCCCCCCCCCCCCCCCCCCC#CC(=N/c1ccc(CCC)c(CCC)c1)/C(CCCCC)=N/c1cccc(C#CCCCCCCCCCCCCCCCCCCCCCC)c1.[Ni]. The molecule has 2 nitrogen and oxygen atoms in total.